The Morgan fingerprint density at radius 2 is 0.850 bits per heavy atom. The molecule has 0 saturated carbocycles. The highest BCUT2D eigenvalue weighted by Gasteiger charge is 1.96. The van der Waals surface area contributed by atoms with E-state index in [-0.39, 0.29) is 0 Å². The minimum absolute atomic E-state index is 0.594. The quantitative estimate of drug-likeness (QED) is 0.220. The van der Waals surface area contributed by atoms with Gasteiger partial charge in [0, 0.05) is 0 Å². The van der Waals surface area contributed by atoms with Crippen LogP contribution in [0.4, 0.5) is 0 Å². The molecule has 0 bridgehead atoms. The predicted octanol–water partition coefficient (Wildman–Crippen LogP) is 7.57. The molecule has 0 aliphatic carbocycles. The van der Waals surface area contributed by atoms with E-state index < -0.39 is 0 Å². The molecule has 0 saturated heterocycles. The molecule has 0 spiro atoms. The van der Waals surface area contributed by atoms with Gasteiger partial charge in [-0.1, -0.05) is 110 Å². The van der Waals surface area contributed by atoms with Crippen molar-refractivity contribution in [3.63, 3.8) is 0 Å². The summed E-state index contributed by atoms with van der Waals surface area (Å²) in [4.78, 5) is 0. The monoisotopic (exact) mass is 300 g/mol. The molecule has 0 radical (unpaired) electrons. The first-order valence-electron chi connectivity index (χ1n) is 9.45. The Kier molecular flexibility index (Phi) is 17.7. The van der Waals surface area contributed by atoms with E-state index in [4.69, 9.17) is 0 Å². The highest BCUT2D eigenvalue weighted by Crippen LogP contribution is 2.14. The van der Waals surface area contributed by atoms with Gasteiger partial charge < -0.3 is 0 Å². The van der Waals surface area contributed by atoms with E-state index in [1.807, 2.05) is 0 Å². The van der Waals surface area contributed by atoms with Crippen LogP contribution in [0.15, 0.2) is 0 Å². The van der Waals surface area contributed by atoms with Gasteiger partial charge in [-0.2, -0.15) is 12.6 Å². The number of hydrogen-bond donors (Lipinski definition) is 1. The average Bonchev–Trinajstić information content (AvgIpc) is 2.43. The normalized spacial score (nSPS) is 12.8. The summed E-state index contributed by atoms with van der Waals surface area (Å²) in [6, 6.07) is 0. The number of rotatable bonds is 16. The lowest BCUT2D eigenvalue weighted by Crippen LogP contribution is -1.90. The molecule has 0 fully saturated rings. The largest absolute Gasteiger partial charge is 0.176 e. The topological polar surface area (TPSA) is 0 Å². The fourth-order valence-corrected chi connectivity index (χ4v) is 2.99. The van der Waals surface area contributed by atoms with Crippen LogP contribution in [0.5, 0.6) is 0 Å². The van der Waals surface area contributed by atoms with E-state index in [2.05, 4.69) is 26.5 Å². The van der Waals surface area contributed by atoms with Crippen molar-refractivity contribution >= 4 is 12.6 Å². The van der Waals surface area contributed by atoms with Gasteiger partial charge in [0.1, 0.15) is 0 Å². The van der Waals surface area contributed by atoms with Gasteiger partial charge in [0.2, 0.25) is 0 Å². The lowest BCUT2D eigenvalue weighted by atomic mass is 10.0. The van der Waals surface area contributed by atoms with Gasteiger partial charge in [-0.05, 0) is 11.7 Å². The van der Waals surface area contributed by atoms with Crippen LogP contribution in [-0.2, 0) is 0 Å². The zero-order chi connectivity index (χ0) is 14.9. The van der Waals surface area contributed by atoms with E-state index in [9.17, 15) is 0 Å². The predicted molar refractivity (Wildman–Crippen MR) is 98.0 cm³/mol. The Hall–Kier alpha value is 0.350. The maximum absolute atomic E-state index is 4.42. The fourth-order valence-electron chi connectivity index (χ4n) is 2.81. The van der Waals surface area contributed by atoms with Crippen molar-refractivity contribution in [1.29, 1.82) is 0 Å². The molecule has 1 heteroatoms. The SMILES string of the molecule is CCCCCCCCCCCCCCCCCC(C)S. The molecular formula is C19H40S. The van der Waals surface area contributed by atoms with E-state index in [0.717, 1.165) is 0 Å². The third kappa shape index (κ3) is 18.4. The summed E-state index contributed by atoms with van der Waals surface area (Å²) in [5, 5.41) is 0.594. The van der Waals surface area contributed by atoms with Gasteiger partial charge >= 0.3 is 0 Å². The molecule has 0 aromatic carbocycles. The summed E-state index contributed by atoms with van der Waals surface area (Å²) in [6.07, 6.45) is 23.0. The van der Waals surface area contributed by atoms with Crippen LogP contribution in [0.3, 0.4) is 0 Å². The molecule has 0 rings (SSSR count). The van der Waals surface area contributed by atoms with Gasteiger partial charge in [0.25, 0.3) is 0 Å². The third-order valence-corrected chi connectivity index (χ3v) is 4.48. The zero-order valence-electron chi connectivity index (χ0n) is 14.3. The fraction of sp³-hybridized carbons (Fsp3) is 1.00. The average molecular weight is 301 g/mol. The van der Waals surface area contributed by atoms with Crippen molar-refractivity contribution < 1.29 is 0 Å². The molecule has 20 heavy (non-hydrogen) atoms. The van der Waals surface area contributed by atoms with Crippen LogP contribution in [0.2, 0.25) is 0 Å². The highest BCUT2D eigenvalue weighted by molar-refractivity contribution is 7.80. The van der Waals surface area contributed by atoms with Gasteiger partial charge in [0.15, 0.2) is 0 Å². The van der Waals surface area contributed by atoms with Crippen LogP contribution >= 0.6 is 12.6 Å². The molecule has 0 aromatic rings. The minimum atomic E-state index is 0.594. The van der Waals surface area contributed by atoms with Crippen LogP contribution in [0.1, 0.15) is 117 Å². The second-order valence-corrected chi connectivity index (χ2v) is 7.47. The summed E-state index contributed by atoms with van der Waals surface area (Å²) in [6.45, 7) is 4.49. The summed E-state index contributed by atoms with van der Waals surface area (Å²) in [5.41, 5.74) is 0. The van der Waals surface area contributed by atoms with Crippen LogP contribution in [-0.4, -0.2) is 5.25 Å². The van der Waals surface area contributed by atoms with Crippen molar-refractivity contribution in [2.45, 2.75) is 122 Å². The first-order valence-corrected chi connectivity index (χ1v) is 9.97. The first kappa shape index (κ1) is 20.3. The molecule has 1 unspecified atom stereocenters. The summed E-state index contributed by atoms with van der Waals surface area (Å²) >= 11 is 4.42. The molecule has 0 N–H and O–H groups in total. The molecule has 0 aliphatic heterocycles. The first-order chi connectivity index (χ1) is 9.77. The van der Waals surface area contributed by atoms with Crippen LogP contribution < -0.4 is 0 Å². The maximum Gasteiger partial charge on any atom is -0.00116 e. The Morgan fingerprint density at radius 3 is 1.15 bits per heavy atom. The van der Waals surface area contributed by atoms with Crippen molar-refractivity contribution in [1.82, 2.24) is 0 Å². The van der Waals surface area contributed by atoms with E-state index in [1.165, 1.54) is 103 Å². The van der Waals surface area contributed by atoms with E-state index in [1.54, 1.807) is 0 Å². The van der Waals surface area contributed by atoms with Crippen molar-refractivity contribution in [2.75, 3.05) is 0 Å². The minimum Gasteiger partial charge on any atom is -0.176 e. The van der Waals surface area contributed by atoms with E-state index >= 15 is 0 Å². The van der Waals surface area contributed by atoms with Crippen molar-refractivity contribution in [3.8, 4) is 0 Å². The Balaban J connectivity index is 2.92. The maximum atomic E-state index is 4.42. The standard InChI is InChI=1S/C19H40S/c1-3-4-5-6-7-8-9-10-11-12-13-14-15-16-17-18-19(2)20/h19-20H,3-18H2,1-2H3. The Bertz CT molecular complexity index is 165. The molecule has 0 heterocycles. The number of hydrogen-bond acceptors (Lipinski definition) is 1. The lowest BCUT2D eigenvalue weighted by molar-refractivity contribution is 0.529. The molecule has 1 atom stereocenters. The highest BCUT2D eigenvalue weighted by atomic mass is 32.1. The second-order valence-electron chi connectivity index (χ2n) is 6.59. The zero-order valence-corrected chi connectivity index (χ0v) is 15.2. The summed E-state index contributed by atoms with van der Waals surface area (Å²) in [5.74, 6) is 0. The third-order valence-electron chi connectivity index (χ3n) is 4.23. The van der Waals surface area contributed by atoms with E-state index in [0.29, 0.717) is 5.25 Å². The summed E-state index contributed by atoms with van der Waals surface area (Å²) in [7, 11) is 0. The van der Waals surface area contributed by atoms with Gasteiger partial charge in [0.05, 0.1) is 0 Å². The molecule has 0 nitrogen and oxygen atoms in total. The molecule has 122 valence electrons. The smallest absolute Gasteiger partial charge is 0.00116 e. The number of thiol groups is 1. The Morgan fingerprint density at radius 1 is 0.550 bits per heavy atom. The van der Waals surface area contributed by atoms with Gasteiger partial charge in [-0.3, -0.25) is 0 Å². The van der Waals surface area contributed by atoms with Crippen LogP contribution in [0, 0.1) is 0 Å². The van der Waals surface area contributed by atoms with Crippen molar-refractivity contribution in [2.24, 2.45) is 0 Å². The van der Waals surface area contributed by atoms with Crippen LogP contribution in [0.25, 0.3) is 0 Å². The Labute approximate surface area is 134 Å². The summed E-state index contributed by atoms with van der Waals surface area (Å²) < 4.78 is 0. The molecule has 0 amide bonds. The molecular weight excluding hydrogens is 260 g/mol. The van der Waals surface area contributed by atoms with Gasteiger partial charge in [-0.15, -0.1) is 0 Å². The molecule has 0 aliphatic rings. The lowest BCUT2D eigenvalue weighted by Gasteiger charge is -2.04. The van der Waals surface area contributed by atoms with Gasteiger partial charge in [-0.25, -0.2) is 0 Å². The molecule has 0 aromatic heterocycles. The van der Waals surface area contributed by atoms with Crippen molar-refractivity contribution in [3.05, 3.63) is 0 Å². The number of unbranched alkanes of at least 4 members (excludes halogenated alkanes) is 14. The second kappa shape index (κ2) is 17.4.